The Labute approximate surface area is 120 Å². The van der Waals surface area contributed by atoms with E-state index in [1.165, 1.54) is 0 Å². The minimum Gasteiger partial charge on any atom is -0.491 e. The van der Waals surface area contributed by atoms with E-state index in [1.54, 1.807) is 25.1 Å². The molecule has 3 nitrogen and oxygen atoms in total. The van der Waals surface area contributed by atoms with E-state index in [0.29, 0.717) is 17.9 Å². The van der Waals surface area contributed by atoms with Crippen molar-refractivity contribution < 1.29 is 9.13 Å². The normalized spacial score (nSPS) is 13.6. The topological polar surface area (TPSA) is 45.0 Å². The van der Waals surface area contributed by atoms with Gasteiger partial charge in [0.15, 0.2) is 11.6 Å². The Hall–Kier alpha value is -1.60. The van der Waals surface area contributed by atoms with Gasteiger partial charge in [-0.05, 0) is 51.3 Å². The minimum absolute atomic E-state index is 0.290. The molecular formula is C16H23FN2O. The number of ether oxygens (including phenoxy) is 1. The fourth-order valence-electron chi connectivity index (χ4n) is 2.07. The van der Waals surface area contributed by atoms with E-state index < -0.39 is 5.54 Å². The summed E-state index contributed by atoms with van der Waals surface area (Å²) in [6, 6.07) is 7.43. The summed E-state index contributed by atoms with van der Waals surface area (Å²) in [4.78, 5) is 0. The number of rotatable bonds is 8. The summed E-state index contributed by atoms with van der Waals surface area (Å²) in [6.07, 6.45) is 2.43. The average Bonchev–Trinajstić information content (AvgIpc) is 2.43. The van der Waals surface area contributed by atoms with Crippen LogP contribution < -0.4 is 10.1 Å². The quantitative estimate of drug-likeness (QED) is 0.739. The number of nitriles is 1. The first kappa shape index (κ1) is 16.5. The Kier molecular flexibility index (Phi) is 6.47. The number of unbranched alkanes of at least 4 members (excludes halogenated alkanes) is 1. The lowest BCUT2D eigenvalue weighted by Crippen LogP contribution is -2.40. The maximum Gasteiger partial charge on any atom is 0.167 e. The summed E-state index contributed by atoms with van der Waals surface area (Å²) in [7, 11) is 0. The molecule has 1 aromatic carbocycles. The molecule has 0 aliphatic rings. The molecule has 0 radical (unpaired) electrons. The molecule has 1 unspecified atom stereocenters. The van der Waals surface area contributed by atoms with E-state index in [-0.39, 0.29) is 5.82 Å². The highest BCUT2D eigenvalue weighted by molar-refractivity contribution is 5.29. The van der Waals surface area contributed by atoms with Crippen LogP contribution in [0.25, 0.3) is 0 Å². The van der Waals surface area contributed by atoms with Crippen molar-refractivity contribution in [1.82, 2.24) is 5.32 Å². The summed E-state index contributed by atoms with van der Waals surface area (Å²) in [5, 5.41) is 12.3. The molecule has 1 N–H and O–H groups in total. The molecule has 0 bridgehead atoms. The third-order valence-corrected chi connectivity index (χ3v) is 3.30. The van der Waals surface area contributed by atoms with Crippen molar-refractivity contribution in [1.29, 1.82) is 5.26 Å². The van der Waals surface area contributed by atoms with Gasteiger partial charge in [0.25, 0.3) is 0 Å². The third-order valence-electron chi connectivity index (χ3n) is 3.30. The number of nitrogens with one attached hydrogen (secondary N) is 1. The number of halogens is 1. The van der Waals surface area contributed by atoms with Crippen LogP contribution in [-0.4, -0.2) is 18.7 Å². The van der Waals surface area contributed by atoms with Crippen molar-refractivity contribution in [2.24, 2.45) is 0 Å². The molecule has 0 amide bonds. The fraction of sp³-hybridized carbons (Fsp3) is 0.562. The third kappa shape index (κ3) is 4.82. The zero-order chi connectivity index (χ0) is 15.0. The zero-order valence-electron chi connectivity index (χ0n) is 12.5. The first-order chi connectivity index (χ1) is 9.52. The Bertz CT molecular complexity index is 470. The van der Waals surface area contributed by atoms with E-state index in [1.807, 2.05) is 13.8 Å². The van der Waals surface area contributed by atoms with Gasteiger partial charge in [0, 0.05) is 0 Å². The maximum absolute atomic E-state index is 13.7. The second-order valence-corrected chi connectivity index (χ2v) is 5.17. The number of aryl methyl sites for hydroxylation is 1. The molecule has 0 saturated carbocycles. The average molecular weight is 278 g/mol. The Morgan fingerprint density at radius 2 is 2.15 bits per heavy atom. The van der Waals surface area contributed by atoms with Gasteiger partial charge in [-0.3, -0.25) is 5.32 Å². The number of nitrogens with zero attached hydrogens (tertiary/aromatic N) is 1. The van der Waals surface area contributed by atoms with E-state index in [4.69, 9.17) is 10.00 Å². The second-order valence-electron chi connectivity index (χ2n) is 5.17. The molecule has 0 aliphatic heterocycles. The zero-order valence-corrected chi connectivity index (χ0v) is 12.5. The standard InChI is InChI=1S/C16H23FN2O/c1-4-19-16(3,12-18)10-5-6-11-20-14-9-7-8-13(2)15(14)17/h7-9,19H,4-6,10-11H2,1-3H3. The van der Waals surface area contributed by atoms with Crippen LogP contribution >= 0.6 is 0 Å². The summed E-state index contributed by atoms with van der Waals surface area (Å²) in [5.41, 5.74) is 0.107. The number of benzene rings is 1. The first-order valence-corrected chi connectivity index (χ1v) is 7.06. The summed E-state index contributed by atoms with van der Waals surface area (Å²) < 4.78 is 19.1. The van der Waals surface area contributed by atoms with Gasteiger partial charge in [0.2, 0.25) is 0 Å². The van der Waals surface area contributed by atoms with Crippen molar-refractivity contribution in [2.45, 2.75) is 45.6 Å². The van der Waals surface area contributed by atoms with E-state index in [9.17, 15) is 4.39 Å². The van der Waals surface area contributed by atoms with Crippen molar-refractivity contribution >= 4 is 0 Å². The minimum atomic E-state index is -0.483. The Morgan fingerprint density at radius 1 is 1.40 bits per heavy atom. The van der Waals surface area contributed by atoms with Gasteiger partial charge >= 0.3 is 0 Å². The maximum atomic E-state index is 13.7. The van der Waals surface area contributed by atoms with Crippen molar-refractivity contribution in [3.63, 3.8) is 0 Å². The molecule has 1 atom stereocenters. The van der Waals surface area contributed by atoms with E-state index in [0.717, 1.165) is 25.8 Å². The van der Waals surface area contributed by atoms with Crippen molar-refractivity contribution in [2.75, 3.05) is 13.2 Å². The fourth-order valence-corrected chi connectivity index (χ4v) is 2.07. The smallest absolute Gasteiger partial charge is 0.167 e. The van der Waals surface area contributed by atoms with Gasteiger partial charge in [0.05, 0.1) is 12.7 Å². The van der Waals surface area contributed by atoms with Crippen LogP contribution in [0.3, 0.4) is 0 Å². The van der Waals surface area contributed by atoms with Crippen molar-refractivity contribution in [3.05, 3.63) is 29.6 Å². The Morgan fingerprint density at radius 3 is 2.80 bits per heavy atom. The van der Waals surface area contributed by atoms with Gasteiger partial charge in [-0.15, -0.1) is 0 Å². The van der Waals surface area contributed by atoms with Crippen LogP contribution in [0.1, 0.15) is 38.7 Å². The van der Waals surface area contributed by atoms with Crippen LogP contribution in [0.4, 0.5) is 4.39 Å². The number of hydrogen-bond acceptors (Lipinski definition) is 3. The molecule has 0 heterocycles. The molecule has 0 aromatic heterocycles. The molecule has 1 aromatic rings. The molecule has 20 heavy (non-hydrogen) atoms. The lowest BCUT2D eigenvalue weighted by molar-refractivity contribution is 0.283. The lowest BCUT2D eigenvalue weighted by atomic mass is 9.97. The van der Waals surface area contributed by atoms with Crippen LogP contribution in [0.5, 0.6) is 5.75 Å². The SMILES string of the molecule is CCNC(C)(C#N)CCCCOc1cccc(C)c1F. The first-order valence-electron chi connectivity index (χ1n) is 7.06. The summed E-state index contributed by atoms with van der Waals surface area (Å²) in [6.45, 7) is 6.84. The molecule has 0 aliphatic carbocycles. The second kappa shape index (κ2) is 7.86. The van der Waals surface area contributed by atoms with Gasteiger partial charge in [-0.1, -0.05) is 19.1 Å². The predicted octanol–water partition coefficient (Wildman–Crippen LogP) is 3.58. The monoisotopic (exact) mass is 278 g/mol. The summed E-state index contributed by atoms with van der Waals surface area (Å²) in [5.74, 6) is 0.0155. The Balaban J connectivity index is 2.32. The lowest BCUT2D eigenvalue weighted by Gasteiger charge is -2.22. The summed E-state index contributed by atoms with van der Waals surface area (Å²) >= 11 is 0. The van der Waals surface area contributed by atoms with Crippen LogP contribution in [0.2, 0.25) is 0 Å². The predicted molar refractivity (Wildman–Crippen MR) is 78.2 cm³/mol. The van der Waals surface area contributed by atoms with Crippen molar-refractivity contribution in [3.8, 4) is 11.8 Å². The molecule has 0 spiro atoms. The van der Waals surface area contributed by atoms with E-state index in [2.05, 4.69) is 11.4 Å². The van der Waals surface area contributed by atoms with Gasteiger partial charge < -0.3 is 4.74 Å². The molecule has 110 valence electrons. The van der Waals surface area contributed by atoms with Crippen LogP contribution in [0.15, 0.2) is 18.2 Å². The van der Waals surface area contributed by atoms with Crippen LogP contribution in [-0.2, 0) is 0 Å². The molecule has 4 heteroatoms. The van der Waals surface area contributed by atoms with Gasteiger partial charge in [-0.25, -0.2) is 4.39 Å². The van der Waals surface area contributed by atoms with Gasteiger partial charge in [-0.2, -0.15) is 5.26 Å². The molecule has 0 fully saturated rings. The highest BCUT2D eigenvalue weighted by atomic mass is 19.1. The largest absolute Gasteiger partial charge is 0.491 e. The van der Waals surface area contributed by atoms with E-state index >= 15 is 0 Å². The number of hydrogen-bond donors (Lipinski definition) is 1. The highest BCUT2D eigenvalue weighted by Crippen LogP contribution is 2.20. The molecule has 0 saturated heterocycles. The molecule has 1 rings (SSSR count). The molecular weight excluding hydrogens is 255 g/mol. The van der Waals surface area contributed by atoms with Crippen LogP contribution in [0, 0.1) is 24.1 Å². The highest BCUT2D eigenvalue weighted by Gasteiger charge is 2.21. The van der Waals surface area contributed by atoms with Gasteiger partial charge in [0.1, 0.15) is 5.54 Å².